The lowest BCUT2D eigenvalue weighted by Gasteiger charge is -2.22. The number of fused-ring (bicyclic) bond motifs is 1. The predicted molar refractivity (Wildman–Crippen MR) is 110 cm³/mol. The van der Waals surface area contributed by atoms with E-state index < -0.39 is 6.09 Å². The third kappa shape index (κ3) is 4.31. The number of thiazole rings is 1. The third-order valence-corrected chi connectivity index (χ3v) is 6.78. The summed E-state index contributed by atoms with van der Waals surface area (Å²) in [6.45, 7) is 6.34. The van der Waals surface area contributed by atoms with Crippen molar-refractivity contribution in [2.75, 3.05) is 26.2 Å². The number of benzene rings is 1. The molecule has 7 heteroatoms. The van der Waals surface area contributed by atoms with Gasteiger partial charge in [0.15, 0.2) is 0 Å². The monoisotopic (exact) mass is 401 g/mol. The molecule has 1 saturated heterocycles. The second-order valence-electron chi connectivity index (χ2n) is 7.60. The molecule has 150 valence electrons. The minimum atomic E-state index is -0.860. The van der Waals surface area contributed by atoms with Gasteiger partial charge < -0.3 is 19.6 Å². The second kappa shape index (κ2) is 8.49. The zero-order chi connectivity index (χ0) is 19.5. The van der Waals surface area contributed by atoms with Crippen LogP contribution in [0.25, 0.3) is 10.6 Å². The van der Waals surface area contributed by atoms with Crippen LogP contribution in [-0.2, 0) is 13.0 Å². The first kappa shape index (κ1) is 19.2. The van der Waals surface area contributed by atoms with E-state index in [9.17, 15) is 9.90 Å². The van der Waals surface area contributed by atoms with Crippen molar-refractivity contribution >= 4 is 17.4 Å². The first-order valence-corrected chi connectivity index (χ1v) is 10.9. The second-order valence-corrected chi connectivity index (χ2v) is 8.68. The highest BCUT2D eigenvalue weighted by Gasteiger charge is 2.24. The fourth-order valence-electron chi connectivity index (χ4n) is 3.96. The predicted octanol–water partition coefficient (Wildman–Crippen LogP) is 4.10. The summed E-state index contributed by atoms with van der Waals surface area (Å²) in [6, 6.07) is 8.79. The van der Waals surface area contributed by atoms with E-state index in [0.717, 1.165) is 46.5 Å². The molecular weight excluding hydrogens is 374 g/mol. The van der Waals surface area contributed by atoms with E-state index >= 15 is 0 Å². The van der Waals surface area contributed by atoms with Gasteiger partial charge in [0, 0.05) is 36.0 Å². The van der Waals surface area contributed by atoms with Crippen molar-refractivity contribution in [3.63, 3.8) is 0 Å². The molecule has 1 fully saturated rings. The number of amides is 1. The standard InChI is InChI=1S/C21H27N3O3S/c1-15-4-2-10-23(15)11-3-13-27-17-7-5-16(6-8-17)20-22-18-9-12-24(21(25)26)14-19(18)28-20/h5-8,15H,2-4,9-14H2,1H3,(H,25,26)/t15-/m1/s1. The highest BCUT2D eigenvalue weighted by molar-refractivity contribution is 7.15. The van der Waals surface area contributed by atoms with Crippen LogP contribution in [0.2, 0.25) is 0 Å². The number of nitrogens with zero attached hydrogens (tertiary/aromatic N) is 3. The summed E-state index contributed by atoms with van der Waals surface area (Å²) in [4.78, 5) is 20.9. The number of likely N-dealkylation sites (tertiary alicyclic amines) is 1. The van der Waals surface area contributed by atoms with Gasteiger partial charge in [0.05, 0.1) is 18.8 Å². The maximum Gasteiger partial charge on any atom is 0.407 e. The molecule has 0 bridgehead atoms. The molecule has 28 heavy (non-hydrogen) atoms. The Hall–Kier alpha value is -2.12. The fraction of sp³-hybridized carbons (Fsp3) is 0.524. The van der Waals surface area contributed by atoms with E-state index in [1.54, 1.807) is 11.3 Å². The highest BCUT2D eigenvalue weighted by Crippen LogP contribution is 2.32. The Balaban J connectivity index is 1.31. The average molecular weight is 402 g/mol. The molecule has 1 atom stereocenters. The molecule has 1 amide bonds. The molecule has 1 N–H and O–H groups in total. The molecule has 2 aliphatic rings. The Morgan fingerprint density at radius 3 is 2.86 bits per heavy atom. The summed E-state index contributed by atoms with van der Waals surface area (Å²) in [5.41, 5.74) is 2.09. The highest BCUT2D eigenvalue weighted by atomic mass is 32.1. The number of carboxylic acid groups (broad SMARTS) is 1. The lowest BCUT2D eigenvalue weighted by molar-refractivity contribution is 0.140. The van der Waals surface area contributed by atoms with Gasteiger partial charge in [-0.2, -0.15) is 0 Å². The smallest absolute Gasteiger partial charge is 0.407 e. The van der Waals surface area contributed by atoms with Crippen molar-refractivity contribution in [2.45, 2.75) is 45.2 Å². The molecule has 0 spiro atoms. The lowest BCUT2D eigenvalue weighted by Crippen LogP contribution is -2.34. The number of rotatable bonds is 6. The van der Waals surface area contributed by atoms with Crippen LogP contribution in [0.4, 0.5) is 4.79 Å². The SMILES string of the molecule is C[C@@H]1CCCN1CCCOc1ccc(-c2nc3c(s2)CN(C(=O)O)CC3)cc1. The van der Waals surface area contributed by atoms with E-state index in [1.807, 2.05) is 24.3 Å². The van der Waals surface area contributed by atoms with Gasteiger partial charge in [0.1, 0.15) is 10.8 Å². The van der Waals surface area contributed by atoms with Crippen molar-refractivity contribution in [1.82, 2.24) is 14.8 Å². The first-order chi connectivity index (χ1) is 13.6. The third-order valence-electron chi connectivity index (χ3n) is 5.65. The Labute approximate surface area is 169 Å². The van der Waals surface area contributed by atoms with Crippen LogP contribution in [0.1, 0.15) is 36.8 Å². The van der Waals surface area contributed by atoms with Gasteiger partial charge in [-0.05, 0) is 57.0 Å². The maximum absolute atomic E-state index is 11.2. The Morgan fingerprint density at radius 1 is 1.32 bits per heavy atom. The van der Waals surface area contributed by atoms with Gasteiger partial charge in [-0.25, -0.2) is 9.78 Å². The average Bonchev–Trinajstić information content (AvgIpc) is 3.31. The van der Waals surface area contributed by atoms with Crippen LogP contribution < -0.4 is 4.74 Å². The van der Waals surface area contributed by atoms with E-state index in [1.165, 1.54) is 24.3 Å². The largest absolute Gasteiger partial charge is 0.494 e. The quantitative estimate of drug-likeness (QED) is 0.738. The van der Waals surface area contributed by atoms with Gasteiger partial charge in [-0.15, -0.1) is 11.3 Å². The minimum absolute atomic E-state index is 0.444. The van der Waals surface area contributed by atoms with Crippen LogP contribution in [0.15, 0.2) is 24.3 Å². The zero-order valence-corrected chi connectivity index (χ0v) is 17.1. The normalized spacial score (nSPS) is 19.6. The van der Waals surface area contributed by atoms with Gasteiger partial charge in [-0.1, -0.05) is 0 Å². The Kier molecular flexibility index (Phi) is 5.82. The van der Waals surface area contributed by atoms with Crippen LogP contribution in [0.5, 0.6) is 5.75 Å². The van der Waals surface area contributed by atoms with Crippen molar-refractivity contribution < 1.29 is 14.6 Å². The van der Waals surface area contributed by atoms with Gasteiger partial charge in [-0.3, -0.25) is 0 Å². The van der Waals surface area contributed by atoms with Crippen molar-refractivity contribution in [1.29, 1.82) is 0 Å². The maximum atomic E-state index is 11.2. The molecule has 2 aromatic rings. The Morgan fingerprint density at radius 2 is 2.14 bits per heavy atom. The molecule has 0 aliphatic carbocycles. The summed E-state index contributed by atoms with van der Waals surface area (Å²) < 4.78 is 5.90. The summed E-state index contributed by atoms with van der Waals surface area (Å²) in [6.07, 6.45) is 3.51. The molecule has 0 unspecified atom stereocenters. The van der Waals surface area contributed by atoms with Crippen molar-refractivity contribution in [3.8, 4) is 16.3 Å². The fourth-order valence-corrected chi connectivity index (χ4v) is 5.09. The summed E-state index contributed by atoms with van der Waals surface area (Å²) in [7, 11) is 0. The first-order valence-electron chi connectivity index (χ1n) is 10.0. The summed E-state index contributed by atoms with van der Waals surface area (Å²) >= 11 is 1.59. The van der Waals surface area contributed by atoms with E-state index in [0.29, 0.717) is 25.6 Å². The van der Waals surface area contributed by atoms with Crippen molar-refractivity contribution in [2.24, 2.45) is 0 Å². The van der Waals surface area contributed by atoms with E-state index in [2.05, 4.69) is 11.8 Å². The molecule has 4 rings (SSSR count). The number of carbonyl (C=O) groups is 1. The topological polar surface area (TPSA) is 65.9 Å². The van der Waals surface area contributed by atoms with Crippen LogP contribution in [0.3, 0.4) is 0 Å². The Bertz CT molecular complexity index is 821. The molecule has 1 aromatic heterocycles. The molecular formula is C21H27N3O3S. The summed E-state index contributed by atoms with van der Waals surface area (Å²) in [5, 5.41) is 10.1. The number of hydrogen-bond donors (Lipinski definition) is 1. The molecule has 0 saturated carbocycles. The van der Waals surface area contributed by atoms with Gasteiger partial charge in [0.25, 0.3) is 0 Å². The van der Waals surface area contributed by atoms with Crippen LogP contribution in [-0.4, -0.2) is 58.3 Å². The van der Waals surface area contributed by atoms with Gasteiger partial charge in [0.2, 0.25) is 0 Å². The van der Waals surface area contributed by atoms with Gasteiger partial charge >= 0.3 is 6.09 Å². The van der Waals surface area contributed by atoms with Crippen molar-refractivity contribution in [3.05, 3.63) is 34.8 Å². The molecule has 1 aromatic carbocycles. The molecule has 3 heterocycles. The van der Waals surface area contributed by atoms with Crippen LogP contribution >= 0.6 is 11.3 Å². The number of ether oxygens (including phenoxy) is 1. The lowest BCUT2D eigenvalue weighted by atomic mass is 10.2. The molecule has 6 nitrogen and oxygen atoms in total. The number of aromatic nitrogens is 1. The number of hydrogen-bond acceptors (Lipinski definition) is 5. The minimum Gasteiger partial charge on any atom is -0.494 e. The van der Waals surface area contributed by atoms with E-state index in [4.69, 9.17) is 9.72 Å². The summed E-state index contributed by atoms with van der Waals surface area (Å²) in [5.74, 6) is 0.886. The zero-order valence-electron chi connectivity index (χ0n) is 16.3. The molecule has 0 radical (unpaired) electrons. The van der Waals surface area contributed by atoms with E-state index in [-0.39, 0.29) is 0 Å². The van der Waals surface area contributed by atoms with Crippen LogP contribution in [0, 0.1) is 0 Å². The molecule has 2 aliphatic heterocycles.